The van der Waals surface area contributed by atoms with E-state index in [9.17, 15) is 4.79 Å². The Kier molecular flexibility index (Phi) is 6.01. The van der Waals surface area contributed by atoms with Crippen LogP contribution in [0.25, 0.3) is 0 Å². The minimum atomic E-state index is -0.0451. The van der Waals surface area contributed by atoms with Gasteiger partial charge in [-0.25, -0.2) is 4.79 Å². The van der Waals surface area contributed by atoms with E-state index in [0.29, 0.717) is 26.2 Å². The number of aryl methyl sites for hydroxylation is 2. The van der Waals surface area contributed by atoms with Crippen molar-refractivity contribution in [3.63, 3.8) is 0 Å². The number of benzene rings is 1. The van der Waals surface area contributed by atoms with Crippen molar-refractivity contribution in [1.29, 1.82) is 0 Å². The molecule has 1 saturated heterocycles. The lowest BCUT2D eigenvalue weighted by Gasteiger charge is -2.33. The van der Waals surface area contributed by atoms with Gasteiger partial charge in [-0.2, -0.15) is 0 Å². The zero-order chi connectivity index (χ0) is 17.5. The summed E-state index contributed by atoms with van der Waals surface area (Å²) in [4.78, 5) is 18.7. The number of aromatic nitrogens is 1. The summed E-state index contributed by atoms with van der Waals surface area (Å²) in [5.41, 5.74) is 3.14. The van der Waals surface area contributed by atoms with Gasteiger partial charge in [0.1, 0.15) is 0 Å². The van der Waals surface area contributed by atoms with Crippen molar-refractivity contribution in [3.05, 3.63) is 65.5 Å². The second kappa shape index (κ2) is 8.62. The average Bonchev–Trinajstić information content (AvgIpc) is 2.65. The molecule has 0 unspecified atom stereocenters. The maximum absolute atomic E-state index is 12.4. The predicted octanol–water partition coefficient (Wildman–Crippen LogP) is 2.93. The summed E-state index contributed by atoms with van der Waals surface area (Å²) < 4.78 is 5.82. The molecule has 1 N–H and O–H groups in total. The number of ether oxygens (including phenoxy) is 1. The molecule has 1 aromatic carbocycles. The lowest BCUT2D eigenvalue weighted by molar-refractivity contribution is -0.0176. The van der Waals surface area contributed by atoms with Crippen LogP contribution in [0.15, 0.2) is 48.5 Å². The molecule has 25 heavy (non-hydrogen) atoms. The van der Waals surface area contributed by atoms with E-state index in [0.717, 1.165) is 24.2 Å². The van der Waals surface area contributed by atoms with Crippen molar-refractivity contribution in [1.82, 2.24) is 15.2 Å². The summed E-state index contributed by atoms with van der Waals surface area (Å²) in [6.07, 6.45) is 1.98. The number of carbonyl (C=O) groups excluding carboxylic acids is 1. The van der Waals surface area contributed by atoms with E-state index in [-0.39, 0.29) is 12.1 Å². The zero-order valence-corrected chi connectivity index (χ0v) is 14.6. The number of nitrogens with zero attached hydrogens (tertiary/aromatic N) is 2. The molecule has 0 radical (unpaired) electrons. The van der Waals surface area contributed by atoms with Crippen molar-refractivity contribution in [2.45, 2.75) is 32.4 Å². The molecule has 3 rings (SSSR count). The van der Waals surface area contributed by atoms with E-state index in [1.54, 1.807) is 0 Å². The van der Waals surface area contributed by atoms with Gasteiger partial charge in [-0.05, 0) is 37.5 Å². The zero-order valence-electron chi connectivity index (χ0n) is 14.6. The van der Waals surface area contributed by atoms with Crippen molar-refractivity contribution >= 4 is 6.03 Å². The van der Waals surface area contributed by atoms with Crippen LogP contribution < -0.4 is 5.32 Å². The van der Waals surface area contributed by atoms with E-state index >= 15 is 0 Å². The first-order valence-corrected chi connectivity index (χ1v) is 8.81. The Labute approximate surface area is 149 Å². The molecule has 1 aliphatic rings. The highest BCUT2D eigenvalue weighted by Crippen LogP contribution is 2.13. The first-order chi connectivity index (χ1) is 12.2. The molecule has 0 aliphatic carbocycles. The second-order valence-electron chi connectivity index (χ2n) is 6.39. The van der Waals surface area contributed by atoms with Gasteiger partial charge in [-0.15, -0.1) is 0 Å². The summed E-state index contributed by atoms with van der Waals surface area (Å²) >= 11 is 0. The largest absolute Gasteiger partial charge is 0.375 e. The SMILES string of the molecule is Cc1cccc(CNC(=O)N2CCO[C@@H](CCc3ccccc3)C2)n1. The number of hydrogen-bond donors (Lipinski definition) is 1. The van der Waals surface area contributed by atoms with Crippen molar-refractivity contribution < 1.29 is 9.53 Å². The summed E-state index contributed by atoms with van der Waals surface area (Å²) in [6, 6.07) is 16.2. The standard InChI is InChI=1S/C20H25N3O2/c1-16-6-5-9-18(22-16)14-21-20(24)23-12-13-25-19(15-23)11-10-17-7-3-2-4-8-17/h2-9,19H,10-15H2,1H3,(H,21,24)/t19-/m0/s1. The summed E-state index contributed by atoms with van der Waals surface area (Å²) in [7, 11) is 0. The number of hydrogen-bond acceptors (Lipinski definition) is 3. The van der Waals surface area contributed by atoms with Gasteiger partial charge < -0.3 is 15.0 Å². The molecule has 5 nitrogen and oxygen atoms in total. The third kappa shape index (κ3) is 5.29. The molecule has 0 bridgehead atoms. The van der Waals surface area contributed by atoms with Gasteiger partial charge in [0.25, 0.3) is 0 Å². The lowest BCUT2D eigenvalue weighted by atomic mass is 10.1. The number of amides is 2. The third-order valence-electron chi connectivity index (χ3n) is 4.39. The molecule has 1 aliphatic heterocycles. The highest BCUT2D eigenvalue weighted by molar-refractivity contribution is 5.74. The normalized spacial score (nSPS) is 17.3. The van der Waals surface area contributed by atoms with Gasteiger partial charge in [0.05, 0.1) is 24.9 Å². The molecule has 2 heterocycles. The minimum Gasteiger partial charge on any atom is -0.375 e. The molecule has 0 spiro atoms. The monoisotopic (exact) mass is 339 g/mol. The molecular formula is C20H25N3O2. The Morgan fingerprint density at radius 3 is 2.88 bits per heavy atom. The van der Waals surface area contributed by atoms with Crippen LogP contribution >= 0.6 is 0 Å². The molecule has 1 aromatic heterocycles. The van der Waals surface area contributed by atoms with E-state index < -0.39 is 0 Å². The van der Waals surface area contributed by atoms with E-state index in [4.69, 9.17) is 4.74 Å². The molecular weight excluding hydrogens is 314 g/mol. The molecule has 132 valence electrons. The maximum Gasteiger partial charge on any atom is 0.317 e. The quantitative estimate of drug-likeness (QED) is 0.911. The first-order valence-electron chi connectivity index (χ1n) is 8.81. The second-order valence-corrected chi connectivity index (χ2v) is 6.39. The highest BCUT2D eigenvalue weighted by Gasteiger charge is 2.23. The summed E-state index contributed by atoms with van der Waals surface area (Å²) in [6.45, 7) is 4.27. The highest BCUT2D eigenvalue weighted by atomic mass is 16.5. The topological polar surface area (TPSA) is 54.5 Å². The maximum atomic E-state index is 12.4. The number of urea groups is 1. The van der Waals surface area contributed by atoms with Crippen LogP contribution in [0.3, 0.4) is 0 Å². The number of nitrogens with one attached hydrogen (secondary N) is 1. The Morgan fingerprint density at radius 2 is 2.08 bits per heavy atom. The van der Waals surface area contributed by atoms with Crippen LogP contribution in [0.1, 0.15) is 23.4 Å². The first kappa shape index (κ1) is 17.4. The van der Waals surface area contributed by atoms with Gasteiger partial charge >= 0.3 is 6.03 Å². The molecule has 2 amide bonds. The number of morpholine rings is 1. The molecule has 2 aromatic rings. The van der Waals surface area contributed by atoms with Crippen molar-refractivity contribution in [2.24, 2.45) is 0 Å². The van der Waals surface area contributed by atoms with Gasteiger partial charge in [0.2, 0.25) is 0 Å². The smallest absolute Gasteiger partial charge is 0.317 e. The molecule has 0 saturated carbocycles. The Hall–Kier alpha value is -2.40. The Balaban J connectivity index is 1.46. The number of carbonyl (C=O) groups is 1. The number of rotatable bonds is 5. The Bertz CT molecular complexity index is 690. The van der Waals surface area contributed by atoms with E-state index in [2.05, 4.69) is 34.6 Å². The van der Waals surface area contributed by atoms with Crippen LogP contribution in [-0.2, 0) is 17.7 Å². The van der Waals surface area contributed by atoms with Crippen molar-refractivity contribution in [3.8, 4) is 0 Å². The van der Waals surface area contributed by atoms with Crippen LogP contribution in [0.4, 0.5) is 4.79 Å². The van der Waals surface area contributed by atoms with Crippen LogP contribution in [0.2, 0.25) is 0 Å². The fraction of sp³-hybridized carbons (Fsp3) is 0.400. The van der Waals surface area contributed by atoms with Gasteiger partial charge in [0.15, 0.2) is 0 Å². The molecule has 1 fully saturated rings. The fourth-order valence-electron chi connectivity index (χ4n) is 3.03. The lowest BCUT2D eigenvalue weighted by Crippen LogP contribution is -2.49. The van der Waals surface area contributed by atoms with Gasteiger partial charge in [-0.1, -0.05) is 36.4 Å². The van der Waals surface area contributed by atoms with Crippen molar-refractivity contribution in [2.75, 3.05) is 19.7 Å². The van der Waals surface area contributed by atoms with Gasteiger partial charge in [0, 0.05) is 18.8 Å². The average molecular weight is 339 g/mol. The Morgan fingerprint density at radius 1 is 1.24 bits per heavy atom. The van der Waals surface area contributed by atoms with Crippen LogP contribution in [0.5, 0.6) is 0 Å². The predicted molar refractivity (Wildman–Crippen MR) is 97.3 cm³/mol. The molecule has 5 heteroatoms. The van der Waals surface area contributed by atoms with Crippen LogP contribution in [0, 0.1) is 6.92 Å². The van der Waals surface area contributed by atoms with E-state index in [1.807, 2.05) is 36.1 Å². The summed E-state index contributed by atoms with van der Waals surface area (Å²) in [5.74, 6) is 0. The number of pyridine rings is 1. The fourth-order valence-corrected chi connectivity index (χ4v) is 3.03. The van der Waals surface area contributed by atoms with Gasteiger partial charge in [-0.3, -0.25) is 4.98 Å². The molecule has 1 atom stereocenters. The summed E-state index contributed by atoms with van der Waals surface area (Å²) in [5, 5.41) is 2.96. The van der Waals surface area contributed by atoms with Crippen LogP contribution in [-0.4, -0.2) is 41.7 Å². The minimum absolute atomic E-state index is 0.0451. The van der Waals surface area contributed by atoms with E-state index in [1.165, 1.54) is 5.56 Å². The third-order valence-corrected chi connectivity index (χ3v) is 4.39.